The van der Waals surface area contributed by atoms with Gasteiger partial charge in [0.1, 0.15) is 5.75 Å². The summed E-state index contributed by atoms with van der Waals surface area (Å²) in [5.74, 6) is -1.86. The van der Waals surface area contributed by atoms with Crippen LogP contribution in [0.4, 0.5) is 18.9 Å². The largest absolute Gasteiger partial charge is 0.497 e. The molecule has 2 rings (SSSR count). The first kappa shape index (κ1) is 20.0. The Morgan fingerprint density at radius 1 is 0.963 bits per heavy atom. The molecule has 2 N–H and O–H groups in total. The number of hydrogen-bond acceptors (Lipinski definition) is 4. The first-order valence-corrected chi connectivity index (χ1v) is 7.68. The smallest absolute Gasteiger partial charge is 0.471 e. The summed E-state index contributed by atoms with van der Waals surface area (Å²) in [5, 5.41) is 5.71. The Morgan fingerprint density at radius 2 is 1.52 bits per heavy atom. The molecule has 6 nitrogen and oxygen atoms in total. The molecule has 0 heterocycles. The maximum absolute atomic E-state index is 12.2. The van der Waals surface area contributed by atoms with Crippen molar-refractivity contribution in [2.45, 2.75) is 13.1 Å². The predicted molar refractivity (Wildman–Crippen MR) is 93.8 cm³/mol. The fourth-order valence-electron chi connectivity index (χ4n) is 2.00. The first-order valence-electron chi connectivity index (χ1n) is 7.68. The van der Waals surface area contributed by atoms with E-state index in [-0.39, 0.29) is 5.69 Å². The lowest BCUT2D eigenvalue weighted by Gasteiger charge is -2.08. The Kier molecular flexibility index (Phi) is 6.17. The molecule has 27 heavy (non-hydrogen) atoms. The lowest BCUT2D eigenvalue weighted by molar-refractivity contribution is -0.167. The number of alkyl halides is 3. The van der Waals surface area contributed by atoms with Gasteiger partial charge in [-0.1, -0.05) is 12.1 Å². The highest BCUT2D eigenvalue weighted by molar-refractivity contribution is 6.01. The molecule has 0 saturated carbocycles. The molecular formula is C18H16F3N3O3. The second-order valence-electron chi connectivity index (χ2n) is 5.40. The zero-order valence-corrected chi connectivity index (χ0v) is 14.4. The number of anilines is 1. The van der Waals surface area contributed by atoms with Crippen LogP contribution >= 0.6 is 0 Å². The van der Waals surface area contributed by atoms with Gasteiger partial charge in [-0.15, -0.1) is 0 Å². The van der Waals surface area contributed by atoms with Crippen molar-refractivity contribution in [1.82, 2.24) is 5.43 Å². The number of rotatable bonds is 5. The third kappa shape index (κ3) is 5.56. The zero-order chi connectivity index (χ0) is 20.0. The van der Waals surface area contributed by atoms with E-state index in [1.807, 2.05) is 0 Å². The van der Waals surface area contributed by atoms with Crippen LogP contribution in [0.2, 0.25) is 0 Å². The molecule has 0 aliphatic rings. The Balaban J connectivity index is 2.00. The molecule has 0 aromatic heterocycles. The highest BCUT2D eigenvalue weighted by Gasteiger charge is 2.38. The molecule has 0 bridgehead atoms. The van der Waals surface area contributed by atoms with Gasteiger partial charge in [0.05, 0.1) is 12.8 Å². The highest BCUT2D eigenvalue weighted by atomic mass is 19.4. The van der Waals surface area contributed by atoms with Crippen molar-refractivity contribution >= 4 is 23.2 Å². The van der Waals surface area contributed by atoms with Gasteiger partial charge in [-0.2, -0.15) is 18.3 Å². The van der Waals surface area contributed by atoms with E-state index in [1.165, 1.54) is 31.4 Å². The fraction of sp³-hybridized carbons (Fsp3) is 0.167. The second-order valence-corrected chi connectivity index (χ2v) is 5.40. The Labute approximate surface area is 153 Å². The lowest BCUT2D eigenvalue weighted by atomic mass is 10.1. The highest BCUT2D eigenvalue weighted by Crippen LogP contribution is 2.18. The van der Waals surface area contributed by atoms with Crippen molar-refractivity contribution in [3.8, 4) is 5.75 Å². The first-order chi connectivity index (χ1) is 12.7. The van der Waals surface area contributed by atoms with E-state index in [9.17, 15) is 22.8 Å². The van der Waals surface area contributed by atoms with E-state index in [4.69, 9.17) is 4.74 Å². The minimum atomic E-state index is -4.96. The van der Waals surface area contributed by atoms with Crippen LogP contribution in [0, 0.1) is 0 Å². The number of ether oxygens (including phenoxy) is 1. The normalized spacial score (nSPS) is 11.7. The number of carbonyl (C=O) groups is 2. The number of hydrogen-bond donors (Lipinski definition) is 2. The number of amides is 2. The SMILES string of the molecule is COc1ccc(C(=O)N/N=C(/C)c2ccc(NC(=O)C(F)(F)F)cc2)cc1. The molecule has 0 fully saturated rings. The molecule has 142 valence electrons. The van der Waals surface area contributed by atoms with Crippen LogP contribution in [0.25, 0.3) is 0 Å². The Bertz CT molecular complexity index is 845. The van der Waals surface area contributed by atoms with E-state index in [2.05, 4.69) is 10.5 Å². The number of benzene rings is 2. The third-order valence-corrected chi connectivity index (χ3v) is 3.50. The lowest BCUT2D eigenvalue weighted by Crippen LogP contribution is -2.29. The van der Waals surface area contributed by atoms with Gasteiger partial charge in [0, 0.05) is 11.3 Å². The van der Waals surface area contributed by atoms with Gasteiger partial charge in [-0.25, -0.2) is 5.43 Å². The molecule has 0 unspecified atom stereocenters. The van der Waals surface area contributed by atoms with Gasteiger partial charge in [-0.3, -0.25) is 9.59 Å². The number of hydrazone groups is 1. The van der Waals surface area contributed by atoms with Gasteiger partial charge in [-0.05, 0) is 48.9 Å². The van der Waals surface area contributed by atoms with Gasteiger partial charge in [0.25, 0.3) is 5.91 Å². The number of carbonyl (C=O) groups excluding carboxylic acids is 2. The number of nitrogens with one attached hydrogen (secondary N) is 2. The number of halogens is 3. The van der Waals surface area contributed by atoms with Crippen LogP contribution in [-0.4, -0.2) is 30.8 Å². The number of methoxy groups -OCH3 is 1. The Hall–Kier alpha value is -3.36. The summed E-state index contributed by atoms with van der Waals surface area (Å²) in [7, 11) is 1.52. The summed E-state index contributed by atoms with van der Waals surface area (Å²) in [5.41, 5.74) is 3.77. The molecule has 2 aromatic carbocycles. The molecule has 0 aliphatic heterocycles. The molecule has 0 atom stereocenters. The van der Waals surface area contributed by atoms with E-state index >= 15 is 0 Å². The maximum atomic E-state index is 12.2. The molecule has 2 amide bonds. The topological polar surface area (TPSA) is 79.8 Å². The third-order valence-electron chi connectivity index (χ3n) is 3.50. The molecule has 0 saturated heterocycles. The van der Waals surface area contributed by atoms with Crippen LogP contribution in [0.15, 0.2) is 53.6 Å². The van der Waals surface area contributed by atoms with Crippen LogP contribution in [0.5, 0.6) is 5.75 Å². The molecule has 2 aromatic rings. The van der Waals surface area contributed by atoms with Crippen molar-refractivity contribution in [3.05, 3.63) is 59.7 Å². The molecule has 0 aliphatic carbocycles. The van der Waals surface area contributed by atoms with Gasteiger partial charge >= 0.3 is 12.1 Å². The summed E-state index contributed by atoms with van der Waals surface area (Å²) in [6.45, 7) is 1.62. The molecular weight excluding hydrogens is 363 g/mol. The van der Waals surface area contributed by atoms with Crippen LogP contribution in [0.3, 0.4) is 0 Å². The van der Waals surface area contributed by atoms with Gasteiger partial charge < -0.3 is 10.1 Å². The predicted octanol–water partition coefficient (Wildman–Crippen LogP) is 3.35. The average molecular weight is 379 g/mol. The minimum absolute atomic E-state index is 0.00357. The number of nitrogens with zero attached hydrogens (tertiary/aromatic N) is 1. The van der Waals surface area contributed by atoms with Crippen molar-refractivity contribution in [1.29, 1.82) is 0 Å². The summed E-state index contributed by atoms with van der Waals surface area (Å²) in [4.78, 5) is 22.9. The minimum Gasteiger partial charge on any atom is -0.497 e. The Morgan fingerprint density at radius 3 is 2.04 bits per heavy atom. The van der Waals surface area contributed by atoms with Crippen molar-refractivity contribution in [2.75, 3.05) is 12.4 Å². The molecule has 0 radical (unpaired) electrons. The summed E-state index contributed by atoms with van der Waals surface area (Å²) in [6, 6.07) is 12.0. The quantitative estimate of drug-likeness (QED) is 0.618. The zero-order valence-electron chi connectivity index (χ0n) is 14.4. The van der Waals surface area contributed by atoms with Crippen molar-refractivity contribution in [2.24, 2.45) is 5.10 Å². The van der Waals surface area contributed by atoms with E-state index in [1.54, 1.807) is 36.5 Å². The summed E-state index contributed by atoms with van der Waals surface area (Å²) >= 11 is 0. The molecule has 0 spiro atoms. The maximum Gasteiger partial charge on any atom is 0.471 e. The summed E-state index contributed by atoms with van der Waals surface area (Å²) < 4.78 is 41.7. The monoisotopic (exact) mass is 379 g/mol. The van der Waals surface area contributed by atoms with Crippen LogP contribution < -0.4 is 15.5 Å². The standard InChI is InChI=1S/C18H16F3N3O3/c1-11(23-24-16(25)13-5-9-15(27-2)10-6-13)12-3-7-14(8-4-12)22-17(26)18(19,20)21/h3-10H,1-2H3,(H,22,26)(H,24,25)/b23-11-. The van der Waals surface area contributed by atoms with Gasteiger partial charge in [0.2, 0.25) is 0 Å². The second kappa shape index (κ2) is 8.35. The van der Waals surface area contributed by atoms with Crippen molar-refractivity contribution in [3.63, 3.8) is 0 Å². The van der Waals surface area contributed by atoms with Crippen LogP contribution in [-0.2, 0) is 4.79 Å². The van der Waals surface area contributed by atoms with E-state index in [0.717, 1.165) is 0 Å². The van der Waals surface area contributed by atoms with E-state index in [0.29, 0.717) is 22.6 Å². The average Bonchev–Trinajstić information content (AvgIpc) is 2.65. The van der Waals surface area contributed by atoms with Gasteiger partial charge in [0.15, 0.2) is 0 Å². The molecule has 9 heteroatoms. The fourth-order valence-corrected chi connectivity index (χ4v) is 2.00. The summed E-state index contributed by atoms with van der Waals surface area (Å²) in [6.07, 6.45) is -4.96. The van der Waals surface area contributed by atoms with E-state index < -0.39 is 18.0 Å². The van der Waals surface area contributed by atoms with Crippen molar-refractivity contribution < 1.29 is 27.5 Å². The van der Waals surface area contributed by atoms with Crippen LogP contribution in [0.1, 0.15) is 22.8 Å².